The lowest BCUT2D eigenvalue weighted by atomic mass is 9.79. The van der Waals surface area contributed by atoms with Crippen LogP contribution in [0, 0.1) is 10.8 Å². The van der Waals surface area contributed by atoms with Crippen LogP contribution < -0.4 is 15.0 Å². The Balaban J connectivity index is 2.14. The van der Waals surface area contributed by atoms with Crippen LogP contribution in [0.4, 0.5) is 17.1 Å². The second-order valence-corrected chi connectivity index (χ2v) is 15.8. The van der Waals surface area contributed by atoms with Crippen LogP contribution in [0.1, 0.15) is 86.5 Å². The zero-order chi connectivity index (χ0) is 33.3. The highest BCUT2D eigenvalue weighted by Gasteiger charge is 2.42. The van der Waals surface area contributed by atoms with Gasteiger partial charge in [-0.05, 0) is 61.8 Å². The topological polar surface area (TPSA) is 102 Å². The van der Waals surface area contributed by atoms with Gasteiger partial charge in [0.2, 0.25) is 5.91 Å². The van der Waals surface area contributed by atoms with E-state index in [0.717, 1.165) is 49.1 Å². The number of unbranched alkanes of at least 4 members (excludes halogenated alkanes) is 2. The summed E-state index contributed by atoms with van der Waals surface area (Å²) in [6.45, 7) is 12.9. The number of esters is 1. The van der Waals surface area contributed by atoms with E-state index < -0.39 is 21.2 Å². The van der Waals surface area contributed by atoms with Gasteiger partial charge in [0.15, 0.2) is 9.84 Å². The number of rotatable bonds is 14. The maximum atomic E-state index is 14.3. The Hall–Kier alpha value is -2.98. The number of nitrogens with one attached hydrogen (secondary N) is 1. The van der Waals surface area contributed by atoms with Crippen LogP contribution in [-0.4, -0.2) is 45.5 Å². The standard InChI is InChI=1S/C35H50N2O6S2/c1-8-11-18-35(19-12-9-2)24-37(27-15-13-26(14-16-27)36-32(38)23-34(4,5)6)28-21-30(44-7)29(22-31(28)45(40,41)25-35)43-20-17-33(39)42-10-3/h13-17,20-22H,8-12,18-19,23-25H2,1-7H3,(H,36,38)/b20-17+. The van der Waals surface area contributed by atoms with Crippen molar-refractivity contribution in [1.82, 2.24) is 0 Å². The van der Waals surface area contributed by atoms with E-state index in [2.05, 4.69) is 24.1 Å². The van der Waals surface area contributed by atoms with Crippen LogP contribution in [0.15, 0.2) is 58.5 Å². The number of sulfone groups is 1. The van der Waals surface area contributed by atoms with E-state index in [0.29, 0.717) is 30.1 Å². The van der Waals surface area contributed by atoms with Gasteiger partial charge < -0.3 is 19.7 Å². The lowest BCUT2D eigenvalue weighted by Crippen LogP contribution is -2.38. The van der Waals surface area contributed by atoms with Crippen molar-refractivity contribution in [3.63, 3.8) is 0 Å². The maximum Gasteiger partial charge on any atom is 0.333 e. The predicted molar refractivity (Wildman–Crippen MR) is 184 cm³/mol. The molecule has 8 nitrogen and oxygen atoms in total. The van der Waals surface area contributed by atoms with Gasteiger partial charge in [-0.2, -0.15) is 0 Å². The second kappa shape index (κ2) is 16.0. The summed E-state index contributed by atoms with van der Waals surface area (Å²) in [5.74, 6) is -0.182. The minimum Gasteiger partial charge on any atom is -0.464 e. The van der Waals surface area contributed by atoms with Gasteiger partial charge >= 0.3 is 5.97 Å². The third-order valence-electron chi connectivity index (χ3n) is 7.82. The van der Waals surface area contributed by atoms with Crippen molar-refractivity contribution < 1.29 is 27.5 Å². The molecule has 0 aliphatic carbocycles. The smallest absolute Gasteiger partial charge is 0.333 e. The van der Waals surface area contributed by atoms with E-state index in [1.165, 1.54) is 24.1 Å². The first kappa shape index (κ1) is 36.5. The lowest BCUT2D eigenvalue weighted by Gasteiger charge is -2.37. The Morgan fingerprint density at radius 2 is 1.69 bits per heavy atom. The third-order valence-corrected chi connectivity index (χ3v) is 10.6. The summed E-state index contributed by atoms with van der Waals surface area (Å²) in [6.07, 6.45) is 10.2. The number of benzene rings is 2. The van der Waals surface area contributed by atoms with Crippen molar-refractivity contribution in [3.05, 3.63) is 48.7 Å². The van der Waals surface area contributed by atoms with E-state index in [9.17, 15) is 18.0 Å². The molecule has 0 saturated carbocycles. The molecular formula is C35H50N2O6S2. The van der Waals surface area contributed by atoms with Crippen LogP contribution in [0.2, 0.25) is 0 Å². The molecule has 0 radical (unpaired) electrons. The van der Waals surface area contributed by atoms with Crippen LogP contribution in [0.25, 0.3) is 0 Å². The van der Waals surface area contributed by atoms with Crippen LogP contribution in [0.5, 0.6) is 5.75 Å². The van der Waals surface area contributed by atoms with E-state index >= 15 is 0 Å². The van der Waals surface area contributed by atoms with Crippen LogP contribution in [0.3, 0.4) is 0 Å². The van der Waals surface area contributed by atoms with Gasteiger partial charge in [-0.3, -0.25) is 4.79 Å². The SMILES string of the molecule is CCCCC1(CCCC)CN(c2ccc(NC(=O)CC(C)(C)C)cc2)c2cc(SC)c(O/C=C/C(=O)OCC)cc2S(=O)(=O)C1. The minimum atomic E-state index is -3.73. The fraction of sp³-hybridized carbons (Fsp3) is 0.543. The fourth-order valence-corrected chi connectivity index (χ4v) is 8.37. The zero-order valence-corrected chi connectivity index (χ0v) is 29.5. The molecule has 248 valence electrons. The number of thioether (sulfide) groups is 1. The fourth-order valence-electron chi connectivity index (χ4n) is 5.72. The normalized spacial score (nSPS) is 15.8. The Kier molecular flexibility index (Phi) is 13.0. The molecule has 0 aromatic heterocycles. The average Bonchev–Trinajstić information content (AvgIpc) is 3.06. The van der Waals surface area contributed by atoms with E-state index in [1.54, 1.807) is 13.0 Å². The molecule has 1 amide bonds. The largest absolute Gasteiger partial charge is 0.464 e. The number of nitrogens with zero attached hydrogens (tertiary/aromatic N) is 1. The van der Waals surface area contributed by atoms with Gasteiger partial charge in [-0.15, -0.1) is 11.8 Å². The maximum absolute atomic E-state index is 14.3. The number of anilines is 3. The number of hydrogen-bond donors (Lipinski definition) is 1. The van der Waals surface area contributed by atoms with E-state index in [4.69, 9.17) is 9.47 Å². The van der Waals surface area contributed by atoms with E-state index in [-0.39, 0.29) is 28.6 Å². The van der Waals surface area contributed by atoms with Crippen molar-refractivity contribution in [2.75, 3.05) is 35.4 Å². The van der Waals surface area contributed by atoms with Gasteiger partial charge in [0, 0.05) is 35.8 Å². The highest BCUT2D eigenvalue weighted by Crippen LogP contribution is 2.48. The summed E-state index contributed by atoms with van der Waals surface area (Å²) in [5.41, 5.74) is 1.56. The molecule has 2 aromatic carbocycles. The van der Waals surface area contributed by atoms with E-state index in [1.807, 2.05) is 57.4 Å². The lowest BCUT2D eigenvalue weighted by molar-refractivity contribution is -0.137. The molecule has 45 heavy (non-hydrogen) atoms. The number of hydrogen-bond acceptors (Lipinski definition) is 8. The van der Waals surface area contributed by atoms with Crippen molar-refractivity contribution in [1.29, 1.82) is 0 Å². The third kappa shape index (κ3) is 10.3. The number of carbonyl (C=O) groups excluding carboxylic acids is 2. The molecule has 1 N–H and O–H groups in total. The minimum absolute atomic E-state index is 0.0428. The van der Waals surface area contributed by atoms with Crippen LogP contribution in [-0.2, 0) is 24.2 Å². The molecule has 0 spiro atoms. The summed E-state index contributed by atoms with van der Waals surface area (Å²) in [6, 6.07) is 11.1. The summed E-state index contributed by atoms with van der Waals surface area (Å²) in [5, 5.41) is 2.99. The molecule has 0 saturated heterocycles. The zero-order valence-electron chi connectivity index (χ0n) is 27.9. The number of fused-ring (bicyclic) bond motifs is 1. The summed E-state index contributed by atoms with van der Waals surface area (Å²) < 4.78 is 39.4. The predicted octanol–water partition coefficient (Wildman–Crippen LogP) is 8.53. The Labute approximate surface area is 274 Å². The quantitative estimate of drug-likeness (QED) is 0.0933. The van der Waals surface area contributed by atoms with Gasteiger partial charge in [0.1, 0.15) is 5.75 Å². The molecule has 10 heteroatoms. The molecular weight excluding hydrogens is 609 g/mol. The van der Waals surface area contributed by atoms with Gasteiger partial charge in [-0.1, -0.05) is 60.3 Å². The summed E-state index contributed by atoms with van der Waals surface area (Å²) in [7, 11) is -3.73. The van der Waals surface area contributed by atoms with Crippen LogP contribution >= 0.6 is 11.8 Å². The Morgan fingerprint density at radius 1 is 1.04 bits per heavy atom. The molecule has 1 aliphatic rings. The molecule has 2 aromatic rings. The second-order valence-electron chi connectivity index (χ2n) is 13.0. The Morgan fingerprint density at radius 3 is 2.24 bits per heavy atom. The summed E-state index contributed by atoms with van der Waals surface area (Å²) >= 11 is 1.44. The Bertz CT molecular complexity index is 1440. The first-order valence-corrected chi connectivity index (χ1v) is 18.8. The molecule has 0 atom stereocenters. The van der Waals surface area contributed by atoms with Crippen molar-refractivity contribution in [2.45, 2.75) is 96.3 Å². The molecule has 1 heterocycles. The van der Waals surface area contributed by atoms with Gasteiger partial charge in [-0.25, -0.2) is 13.2 Å². The van der Waals surface area contributed by atoms with Crippen molar-refractivity contribution >= 4 is 50.5 Å². The first-order chi connectivity index (χ1) is 21.3. The van der Waals surface area contributed by atoms with Gasteiger partial charge in [0.05, 0.1) is 40.2 Å². The highest BCUT2D eigenvalue weighted by atomic mass is 32.2. The average molecular weight is 659 g/mol. The highest BCUT2D eigenvalue weighted by molar-refractivity contribution is 7.98. The molecule has 1 aliphatic heterocycles. The monoisotopic (exact) mass is 658 g/mol. The molecule has 0 fully saturated rings. The van der Waals surface area contributed by atoms with Gasteiger partial charge in [0.25, 0.3) is 0 Å². The molecule has 0 unspecified atom stereocenters. The molecule has 3 rings (SSSR count). The number of carbonyl (C=O) groups is 2. The first-order valence-electron chi connectivity index (χ1n) is 15.9. The van der Waals surface area contributed by atoms with Crippen molar-refractivity contribution in [2.24, 2.45) is 10.8 Å². The molecule has 0 bridgehead atoms. The number of ether oxygens (including phenoxy) is 2. The van der Waals surface area contributed by atoms with Crippen molar-refractivity contribution in [3.8, 4) is 5.75 Å². The summed E-state index contributed by atoms with van der Waals surface area (Å²) in [4.78, 5) is 27.5. The number of amides is 1.